The molecule has 0 N–H and O–H groups in total. The molecular formula is C19H23N3O3. The van der Waals surface area contributed by atoms with Crippen molar-refractivity contribution in [1.82, 2.24) is 9.80 Å². The second kappa shape index (κ2) is 5.58. The minimum atomic E-state index is -0.661. The van der Waals surface area contributed by atoms with Gasteiger partial charge in [-0.25, -0.2) is 9.69 Å². The summed E-state index contributed by atoms with van der Waals surface area (Å²) < 4.78 is 0. The molecule has 3 fully saturated rings. The SMILES string of the molecule is Cc1cc(C)c(N2CC[C@@H](N3C(=O)[C@@H]4CCCN4C3=O)C2=O)c(C)c1. The number of rotatable bonds is 2. The fourth-order valence-corrected chi connectivity index (χ4v) is 4.66. The van der Waals surface area contributed by atoms with Crippen LogP contribution in [-0.4, -0.2) is 52.8 Å². The van der Waals surface area contributed by atoms with Gasteiger partial charge in [-0.2, -0.15) is 0 Å². The predicted molar refractivity (Wildman–Crippen MR) is 93.4 cm³/mol. The zero-order chi connectivity index (χ0) is 17.9. The Labute approximate surface area is 147 Å². The van der Waals surface area contributed by atoms with Gasteiger partial charge in [0.25, 0.3) is 5.91 Å². The van der Waals surface area contributed by atoms with Gasteiger partial charge in [0.2, 0.25) is 5.91 Å². The molecule has 6 nitrogen and oxygen atoms in total. The van der Waals surface area contributed by atoms with Crippen molar-refractivity contribution in [2.24, 2.45) is 0 Å². The molecule has 25 heavy (non-hydrogen) atoms. The van der Waals surface area contributed by atoms with Crippen LogP contribution >= 0.6 is 0 Å². The molecule has 0 spiro atoms. The third-order valence-electron chi connectivity index (χ3n) is 5.62. The van der Waals surface area contributed by atoms with E-state index in [9.17, 15) is 14.4 Å². The Morgan fingerprint density at radius 1 is 0.880 bits per heavy atom. The van der Waals surface area contributed by atoms with E-state index in [0.717, 1.165) is 28.8 Å². The van der Waals surface area contributed by atoms with E-state index in [1.165, 1.54) is 4.90 Å². The number of fused-ring (bicyclic) bond motifs is 1. The molecule has 4 amide bonds. The molecule has 3 heterocycles. The second-order valence-electron chi connectivity index (χ2n) is 7.38. The third-order valence-corrected chi connectivity index (χ3v) is 5.62. The summed E-state index contributed by atoms with van der Waals surface area (Å²) in [5.74, 6) is -0.335. The zero-order valence-electron chi connectivity index (χ0n) is 14.9. The van der Waals surface area contributed by atoms with Crippen LogP contribution in [0, 0.1) is 20.8 Å². The number of nitrogens with zero attached hydrogens (tertiary/aromatic N) is 3. The highest BCUT2D eigenvalue weighted by Crippen LogP contribution is 2.35. The highest BCUT2D eigenvalue weighted by Gasteiger charge is 2.53. The standard InChI is InChI=1S/C19H23N3O3/c1-11-9-12(2)16(13(3)10-11)21-8-6-15(17(21)23)22-18(24)14-5-4-7-20(14)19(22)25/h9-10,14-15H,4-8H2,1-3H3/t14-,15+/m0/s1. The second-order valence-corrected chi connectivity index (χ2v) is 7.38. The number of benzene rings is 1. The number of hydrogen-bond acceptors (Lipinski definition) is 3. The Morgan fingerprint density at radius 2 is 1.56 bits per heavy atom. The maximum absolute atomic E-state index is 13.1. The summed E-state index contributed by atoms with van der Waals surface area (Å²) in [7, 11) is 0. The molecule has 4 rings (SSSR count). The van der Waals surface area contributed by atoms with Gasteiger partial charge >= 0.3 is 6.03 Å². The molecule has 0 bridgehead atoms. The highest BCUT2D eigenvalue weighted by atomic mass is 16.2. The maximum Gasteiger partial charge on any atom is 0.328 e. The minimum Gasteiger partial charge on any atom is -0.312 e. The number of urea groups is 1. The van der Waals surface area contributed by atoms with Gasteiger partial charge in [0.15, 0.2) is 0 Å². The van der Waals surface area contributed by atoms with E-state index in [0.29, 0.717) is 25.9 Å². The fraction of sp³-hybridized carbons (Fsp3) is 0.526. The van der Waals surface area contributed by atoms with Crippen LogP contribution < -0.4 is 4.90 Å². The average Bonchev–Trinajstić information content (AvgIpc) is 3.20. The largest absolute Gasteiger partial charge is 0.328 e. The molecule has 0 aliphatic carbocycles. The van der Waals surface area contributed by atoms with Crippen molar-refractivity contribution in [1.29, 1.82) is 0 Å². The van der Waals surface area contributed by atoms with Crippen LogP contribution in [0.3, 0.4) is 0 Å². The number of carbonyl (C=O) groups excluding carboxylic acids is 3. The Kier molecular flexibility index (Phi) is 3.60. The lowest BCUT2D eigenvalue weighted by molar-refractivity contribution is -0.133. The van der Waals surface area contributed by atoms with Crippen molar-refractivity contribution in [2.75, 3.05) is 18.0 Å². The van der Waals surface area contributed by atoms with Crippen molar-refractivity contribution in [3.05, 3.63) is 28.8 Å². The molecule has 3 aliphatic rings. The number of imide groups is 1. The topological polar surface area (TPSA) is 60.9 Å². The van der Waals surface area contributed by atoms with Gasteiger partial charge in [-0.1, -0.05) is 17.7 Å². The molecule has 0 unspecified atom stereocenters. The normalized spacial score (nSPS) is 26.2. The smallest absolute Gasteiger partial charge is 0.312 e. The van der Waals surface area contributed by atoms with Crippen molar-refractivity contribution in [2.45, 2.75) is 52.1 Å². The van der Waals surface area contributed by atoms with E-state index in [4.69, 9.17) is 0 Å². The molecule has 0 radical (unpaired) electrons. The van der Waals surface area contributed by atoms with Crippen molar-refractivity contribution < 1.29 is 14.4 Å². The molecule has 1 aromatic rings. The first-order valence-corrected chi connectivity index (χ1v) is 8.93. The molecule has 2 atom stereocenters. The van der Waals surface area contributed by atoms with Gasteiger partial charge in [0, 0.05) is 18.8 Å². The average molecular weight is 341 g/mol. The van der Waals surface area contributed by atoms with Crippen LogP contribution in [-0.2, 0) is 9.59 Å². The summed E-state index contributed by atoms with van der Waals surface area (Å²) in [6.45, 7) is 7.19. The van der Waals surface area contributed by atoms with Crippen LogP contribution in [0.2, 0.25) is 0 Å². The molecule has 1 aromatic carbocycles. The van der Waals surface area contributed by atoms with Gasteiger partial charge < -0.3 is 9.80 Å². The number of amides is 4. The summed E-state index contributed by atoms with van der Waals surface area (Å²) in [6.07, 6.45) is 2.08. The monoisotopic (exact) mass is 341 g/mol. The Hall–Kier alpha value is -2.37. The van der Waals surface area contributed by atoms with Gasteiger partial charge in [0.05, 0.1) is 0 Å². The highest BCUT2D eigenvalue weighted by molar-refractivity contribution is 6.11. The number of aryl methyl sites for hydroxylation is 3. The van der Waals surface area contributed by atoms with Gasteiger partial charge in [-0.05, 0) is 51.2 Å². The maximum atomic E-state index is 13.1. The number of anilines is 1. The number of hydrogen-bond donors (Lipinski definition) is 0. The lowest BCUT2D eigenvalue weighted by Crippen LogP contribution is -2.46. The van der Waals surface area contributed by atoms with Crippen molar-refractivity contribution in [3.8, 4) is 0 Å². The Balaban J connectivity index is 1.63. The Bertz CT molecular complexity index is 743. The van der Waals surface area contributed by atoms with E-state index in [1.807, 2.05) is 20.8 Å². The first-order valence-electron chi connectivity index (χ1n) is 8.93. The summed E-state index contributed by atoms with van der Waals surface area (Å²) in [6, 6.07) is 2.82. The molecule has 132 valence electrons. The number of carbonyl (C=O) groups is 3. The minimum absolute atomic E-state index is 0.141. The fourth-order valence-electron chi connectivity index (χ4n) is 4.66. The summed E-state index contributed by atoms with van der Waals surface area (Å²) >= 11 is 0. The first kappa shape index (κ1) is 16.1. The van der Waals surface area contributed by atoms with Crippen LogP contribution in [0.25, 0.3) is 0 Å². The van der Waals surface area contributed by atoms with E-state index in [1.54, 1.807) is 9.80 Å². The van der Waals surface area contributed by atoms with Gasteiger partial charge in [-0.15, -0.1) is 0 Å². The molecule has 3 saturated heterocycles. The van der Waals surface area contributed by atoms with Crippen LogP contribution in [0.5, 0.6) is 0 Å². The van der Waals surface area contributed by atoms with Gasteiger partial charge in [0.1, 0.15) is 12.1 Å². The van der Waals surface area contributed by atoms with Crippen molar-refractivity contribution in [3.63, 3.8) is 0 Å². The molecule has 0 saturated carbocycles. The molecule has 6 heteroatoms. The predicted octanol–water partition coefficient (Wildman–Crippen LogP) is 2.14. The van der Waals surface area contributed by atoms with Gasteiger partial charge in [-0.3, -0.25) is 9.59 Å². The first-order chi connectivity index (χ1) is 11.9. The van der Waals surface area contributed by atoms with Crippen LogP contribution in [0.4, 0.5) is 10.5 Å². The lowest BCUT2D eigenvalue weighted by atomic mass is 10.0. The molecule has 3 aliphatic heterocycles. The van der Waals surface area contributed by atoms with Crippen molar-refractivity contribution >= 4 is 23.5 Å². The van der Waals surface area contributed by atoms with E-state index in [-0.39, 0.29) is 23.9 Å². The Morgan fingerprint density at radius 3 is 2.20 bits per heavy atom. The molecule has 0 aromatic heterocycles. The third kappa shape index (κ3) is 2.27. The van der Waals surface area contributed by atoms with Crippen LogP contribution in [0.1, 0.15) is 36.0 Å². The summed E-state index contributed by atoms with van der Waals surface area (Å²) in [4.78, 5) is 42.9. The summed E-state index contributed by atoms with van der Waals surface area (Å²) in [5.41, 5.74) is 4.17. The van der Waals surface area contributed by atoms with Crippen LogP contribution in [0.15, 0.2) is 12.1 Å². The quantitative estimate of drug-likeness (QED) is 0.775. The lowest BCUT2D eigenvalue weighted by Gasteiger charge is -2.24. The zero-order valence-corrected chi connectivity index (χ0v) is 14.9. The molecular weight excluding hydrogens is 318 g/mol. The van der Waals surface area contributed by atoms with E-state index < -0.39 is 6.04 Å². The van der Waals surface area contributed by atoms with E-state index in [2.05, 4.69) is 12.1 Å². The summed E-state index contributed by atoms with van der Waals surface area (Å²) in [5, 5.41) is 0. The van der Waals surface area contributed by atoms with E-state index >= 15 is 0 Å².